The van der Waals surface area contributed by atoms with Crippen molar-refractivity contribution in [1.82, 2.24) is 20.0 Å². The van der Waals surface area contributed by atoms with Gasteiger partial charge >= 0.3 is 0 Å². The van der Waals surface area contributed by atoms with E-state index >= 15 is 0 Å². The van der Waals surface area contributed by atoms with Crippen LogP contribution in [0.4, 0.5) is 5.69 Å². The molecule has 0 aromatic heterocycles. The number of piperidine rings is 2. The zero-order valence-electron chi connectivity index (χ0n) is 50.0. The Labute approximate surface area is 493 Å². The van der Waals surface area contributed by atoms with E-state index in [0.29, 0.717) is 84.2 Å². The molecule has 12 aliphatic rings. The molecule has 0 radical (unpaired) electrons. The van der Waals surface area contributed by atoms with Gasteiger partial charge in [0.2, 0.25) is 10.8 Å². The van der Waals surface area contributed by atoms with Gasteiger partial charge in [0, 0.05) is 73.2 Å². The van der Waals surface area contributed by atoms with Crippen LogP contribution in [0.5, 0.6) is 0 Å². The summed E-state index contributed by atoms with van der Waals surface area (Å²) in [6.07, 6.45) is 24.6. The molecule has 13 heteroatoms. The predicted molar refractivity (Wildman–Crippen MR) is 324 cm³/mol. The summed E-state index contributed by atoms with van der Waals surface area (Å²) in [6, 6.07) is 6.74. The summed E-state index contributed by atoms with van der Waals surface area (Å²) in [5.74, 6) is 6.71. The van der Waals surface area contributed by atoms with Crippen LogP contribution in [-0.2, 0) is 20.7 Å². The first-order chi connectivity index (χ1) is 38.3. The van der Waals surface area contributed by atoms with Crippen molar-refractivity contribution in [2.45, 2.75) is 219 Å². The van der Waals surface area contributed by atoms with E-state index in [2.05, 4.69) is 115 Å². The smallest absolute Gasteiger partial charge is 0.220 e. The van der Waals surface area contributed by atoms with E-state index in [-0.39, 0.29) is 40.8 Å². The molecule has 80 heavy (non-hydrogen) atoms. The Morgan fingerprint density at radius 1 is 0.775 bits per heavy atom. The average molecular weight is 1210 g/mol. The number of benzene rings is 1. The Morgan fingerprint density at radius 2 is 1.29 bits per heavy atom. The number of hydrogen-bond acceptors (Lipinski definition) is 10. The molecule has 8 fully saturated rings. The second-order valence-electron chi connectivity index (χ2n) is 29.0. The molecule has 2 spiro atoms. The van der Waals surface area contributed by atoms with Gasteiger partial charge in [-0.1, -0.05) is 82.1 Å². The fourth-order valence-electron chi connectivity index (χ4n) is 21.1. The number of aliphatic hydroxyl groups excluding tert-OH is 2. The van der Waals surface area contributed by atoms with Gasteiger partial charge in [0.25, 0.3) is 0 Å². The topological polar surface area (TPSA) is 171 Å². The number of amides is 1. The average Bonchev–Trinajstić information content (AvgIpc) is 4.33. The highest BCUT2D eigenvalue weighted by molar-refractivity contribution is 14.1. The quantitative estimate of drug-likeness (QED) is 0.0704. The van der Waals surface area contributed by atoms with Crippen molar-refractivity contribution in [1.29, 1.82) is 5.53 Å². The molecule has 6 N–H and O–H groups in total. The minimum atomic E-state index is -0.171. The number of fused-ring (bicyclic) bond motifs is 12. The number of aryl methyl sites for hydroxylation is 1. The van der Waals surface area contributed by atoms with E-state index in [9.17, 15) is 15.0 Å². The van der Waals surface area contributed by atoms with Crippen molar-refractivity contribution in [2.24, 2.45) is 80.9 Å². The van der Waals surface area contributed by atoms with Crippen molar-refractivity contribution in [2.75, 3.05) is 39.3 Å². The third kappa shape index (κ3) is 9.71. The van der Waals surface area contributed by atoms with Gasteiger partial charge in [-0.05, 0) is 233 Å². The third-order valence-electron chi connectivity index (χ3n) is 25.1. The van der Waals surface area contributed by atoms with Gasteiger partial charge in [0.1, 0.15) is 5.53 Å². The van der Waals surface area contributed by atoms with E-state index in [0.717, 1.165) is 110 Å². The number of nitrogens with two attached hydrogens (primary N) is 1. The molecule has 4 saturated heterocycles. The van der Waals surface area contributed by atoms with Crippen LogP contribution < -0.4 is 16.0 Å². The summed E-state index contributed by atoms with van der Waals surface area (Å²) in [7, 11) is 0. The Hall–Kier alpha value is -2.59. The standard InChI is InChI=1S/C38H52IN5O3.C29H46N2O2/c1-22-17-34-36(44(21-22)16-15-41-35(46)10-6-25-5-9-33(42-43-40)32(39)18-25)24(3)38(47-34)14-12-28-29-8-7-26-19-27(45)11-13-37(26,4)31(29)20-30(28)23(38)2;1-17-13-26-27(31(16-17)12-11-30)19(3)29(33-26)10-8-22-23-6-5-20-14-21(32)7-9-28(20,4)25(23)15-24(22)18(29)2/h5,7,9,18,22,24,27-29,31,34,36,40,45H,6,8,10-17,19-21H2,1-4H3;5,17,19,21-23,25-27,32H,6-16,30H2,1-4H3/p+1/t22-,24+,27-,28-,29-,31-,34+,36-,37-,38-;17-,19+,21-,22-,23-,25-,26+,27-,28-,29-/m00/s1. The lowest BCUT2D eigenvalue weighted by atomic mass is 9.56. The number of aliphatic hydroxyl groups is 2. The van der Waals surface area contributed by atoms with Gasteiger partial charge in [-0.25, -0.2) is 0 Å². The summed E-state index contributed by atoms with van der Waals surface area (Å²) in [6.45, 7) is 25.1. The molecule has 0 bridgehead atoms. The second kappa shape index (κ2) is 22.4. The van der Waals surface area contributed by atoms with Crippen LogP contribution in [0.15, 0.2) is 68.9 Å². The van der Waals surface area contributed by atoms with Crippen molar-refractivity contribution in [3.05, 3.63) is 72.9 Å². The zero-order valence-corrected chi connectivity index (χ0v) is 52.1. The number of rotatable bonds is 9. The van der Waals surface area contributed by atoms with Gasteiger partial charge in [-0.2, -0.15) is 0 Å². The summed E-state index contributed by atoms with van der Waals surface area (Å²) in [4.78, 5) is 21.3. The second-order valence-corrected chi connectivity index (χ2v) is 30.2. The summed E-state index contributed by atoms with van der Waals surface area (Å²) in [5.41, 5.74) is 24.8. The maximum Gasteiger partial charge on any atom is 0.220 e. The number of ether oxygens (including phenoxy) is 2. The summed E-state index contributed by atoms with van der Waals surface area (Å²) >= 11 is 2.20. The maximum atomic E-state index is 12.9. The van der Waals surface area contributed by atoms with E-state index in [4.69, 9.17) is 20.7 Å². The van der Waals surface area contributed by atoms with Crippen LogP contribution in [-0.4, -0.2) is 113 Å². The molecule has 438 valence electrons. The molecule has 8 aliphatic carbocycles. The number of nitrogens with one attached hydrogen (secondary N) is 2. The molecule has 4 saturated carbocycles. The summed E-state index contributed by atoms with van der Waals surface area (Å²) in [5, 5.41) is 27.8. The van der Waals surface area contributed by atoms with Gasteiger partial charge in [0.05, 0.1) is 35.6 Å². The Balaban J connectivity index is 0.000000169. The van der Waals surface area contributed by atoms with Crippen LogP contribution in [0.3, 0.4) is 0 Å². The first kappa shape index (κ1) is 57.8. The highest BCUT2D eigenvalue weighted by Crippen LogP contribution is 2.67. The largest absolute Gasteiger partial charge is 0.393 e. The zero-order chi connectivity index (χ0) is 56.2. The Morgan fingerprint density at radius 3 is 1.77 bits per heavy atom. The number of nitrogens with zero attached hydrogens (tertiary/aromatic N) is 4. The van der Waals surface area contributed by atoms with E-state index in [1.807, 2.05) is 18.2 Å². The summed E-state index contributed by atoms with van der Waals surface area (Å²) < 4.78 is 15.4. The van der Waals surface area contributed by atoms with Crippen LogP contribution >= 0.6 is 22.6 Å². The molecule has 4 aliphatic heterocycles. The monoisotopic (exact) mass is 1210 g/mol. The van der Waals surface area contributed by atoms with Crippen LogP contribution in [0, 0.1) is 79.1 Å². The molecular formula is C67H99IN7O5+. The lowest BCUT2D eigenvalue weighted by Gasteiger charge is -2.49. The molecule has 1 aromatic carbocycles. The molecular weight excluding hydrogens is 1110 g/mol. The number of hydrogen-bond donors (Lipinski definition) is 5. The number of carbonyl (C=O) groups excluding carboxylic acids is 1. The third-order valence-corrected chi connectivity index (χ3v) is 26.0. The number of likely N-dealkylation sites (tertiary alicyclic amines) is 2. The molecule has 4 heterocycles. The molecule has 1 amide bonds. The van der Waals surface area contributed by atoms with Crippen molar-refractivity contribution in [3.63, 3.8) is 0 Å². The number of carbonyl (C=O) groups is 1. The fourth-order valence-corrected chi connectivity index (χ4v) is 21.8. The fraction of sp³-hybridized carbons (Fsp3) is 0.776. The Kier molecular flexibility index (Phi) is 16.2. The first-order valence-corrected chi connectivity index (χ1v) is 33.2. The van der Waals surface area contributed by atoms with E-state index in [1.165, 1.54) is 63.5 Å². The number of halogens is 1. The molecule has 20 atom stereocenters. The van der Waals surface area contributed by atoms with Crippen LogP contribution in [0.25, 0.3) is 0 Å². The van der Waals surface area contributed by atoms with E-state index in [1.54, 1.807) is 27.9 Å². The van der Waals surface area contributed by atoms with Crippen LogP contribution in [0.1, 0.15) is 170 Å². The highest BCUT2D eigenvalue weighted by atomic mass is 127. The molecule has 1 aromatic rings. The minimum absolute atomic E-state index is 0.0640. The predicted octanol–water partition coefficient (Wildman–Crippen LogP) is 11.9. The van der Waals surface area contributed by atoms with Gasteiger partial charge in [0.15, 0.2) is 10.8 Å². The molecule has 0 unspecified atom stereocenters. The van der Waals surface area contributed by atoms with Crippen molar-refractivity contribution >= 4 is 34.2 Å². The molecule has 12 nitrogen and oxygen atoms in total. The maximum absolute atomic E-state index is 12.9. The minimum Gasteiger partial charge on any atom is -0.393 e. The van der Waals surface area contributed by atoms with Crippen molar-refractivity contribution in [3.8, 4) is 0 Å². The van der Waals surface area contributed by atoms with Crippen LogP contribution in [0.2, 0.25) is 0 Å². The SMILES string of the molecule is CC1=C2C[C@H]3[C@@H](CC=C4C[C@@H](O)CC[C@@]43C)[C@@H]2CC[C@]12O[C@@H]1C[C@H](C)CN(CCN)[C@H]1[C@H]2C.CC1=C2C[C@H]3[C@@H](CC=C4C[C@@H](O)CC[C@@]43C)[C@@H]2CC[C@]12O[C@@H]1C[C@H](C)CN(CCNC(=O)CCc3ccc(N=[N+]=N)c(I)c3)[C@H]1[C@H]2C. The molecule has 13 rings (SSSR count). The highest BCUT2D eigenvalue weighted by Gasteiger charge is 2.64. The van der Waals surface area contributed by atoms with Gasteiger partial charge < -0.3 is 30.7 Å². The lowest BCUT2D eigenvalue weighted by molar-refractivity contribution is -0.121. The number of allylic oxidation sites excluding steroid dienone is 4. The van der Waals surface area contributed by atoms with Gasteiger partial charge in [-0.15, -0.1) is 0 Å². The normalized spacial score (nSPS) is 44.5. The van der Waals surface area contributed by atoms with Gasteiger partial charge in [-0.3, -0.25) is 14.6 Å². The first-order valence-electron chi connectivity index (χ1n) is 32.1. The van der Waals surface area contributed by atoms with E-state index < -0.39 is 0 Å². The lowest BCUT2D eigenvalue weighted by Crippen LogP contribution is -2.54. The Bertz CT molecular complexity index is 2740. The van der Waals surface area contributed by atoms with Crippen molar-refractivity contribution < 1.29 is 24.5 Å².